The molecule has 0 amide bonds. The van der Waals surface area contributed by atoms with Crippen LogP contribution in [0.5, 0.6) is 0 Å². The van der Waals surface area contributed by atoms with Crippen LogP contribution in [0.1, 0.15) is 21.5 Å². The number of carboxylic acids is 1. The minimum atomic E-state index is -1.12. The molecule has 0 aliphatic heterocycles. The zero-order valence-electron chi connectivity index (χ0n) is 7.69. The standard InChI is InChI=1S/C9H9Cl2NO2/c1-3-5(9(13)14)8(12)7(11)4(2)6(3)10/h12H2,1-2H3,(H,13,14). The first-order valence-corrected chi connectivity index (χ1v) is 4.60. The molecular weight excluding hydrogens is 225 g/mol. The molecule has 76 valence electrons. The van der Waals surface area contributed by atoms with Gasteiger partial charge in [0.05, 0.1) is 16.3 Å². The molecule has 0 fully saturated rings. The van der Waals surface area contributed by atoms with Crippen LogP contribution in [-0.4, -0.2) is 11.1 Å². The summed E-state index contributed by atoms with van der Waals surface area (Å²) in [6.45, 7) is 3.30. The normalized spacial score (nSPS) is 10.3. The van der Waals surface area contributed by atoms with Gasteiger partial charge in [0, 0.05) is 5.02 Å². The number of halogens is 2. The van der Waals surface area contributed by atoms with Crippen LogP contribution in [0.4, 0.5) is 5.69 Å². The Labute approximate surface area is 91.4 Å². The highest BCUT2D eigenvalue weighted by Crippen LogP contribution is 2.35. The van der Waals surface area contributed by atoms with Gasteiger partial charge in [0.15, 0.2) is 0 Å². The van der Waals surface area contributed by atoms with Gasteiger partial charge in [0.1, 0.15) is 0 Å². The van der Waals surface area contributed by atoms with Crippen molar-refractivity contribution in [3.63, 3.8) is 0 Å². The minimum Gasteiger partial charge on any atom is -0.478 e. The van der Waals surface area contributed by atoms with Gasteiger partial charge in [-0.3, -0.25) is 0 Å². The third-order valence-corrected chi connectivity index (χ3v) is 3.14. The smallest absolute Gasteiger partial charge is 0.338 e. The molecule has 5 heteroatoms. The number of rotatable bonds is 1. The van der Waals surface area contributed by atoms with Crippen LogP contribution in [-0.2, 0) is 0 Å². The number of aromatic carboxylic acids is 1. The van der Waals surface area contributed by atoms with Crippen LogP contribution in [0, 0.1) is 13.8 Å². The molecule has 0 atom stereocenters. The van der Waals surface area contributed by atoms with E-state index < -0.39 is 5.97 Å². The average molecular weight is 234 g/mol. The van der Waals surface area contributed by atoms with Crippen LogP contribution in [0.15, 0.2) is 0 Å². The summed E-state index contributed by atoms with van der Waals surface area (Å²) in [7, 11) is 0. The Bertz CT molecular complexity index is 387. The predicted octanol–water partition coefficient (Wildman–Crippen LogP) is 2.89. The summed E-state index contributed by atoms with van der Waals surface area (Å²) in [5, 5.41) is 9.44. The zero-order chi connectivity index (χ0) is 11.0. The lowest BCUT2D eigenvalue weighted by Gasteiger charge is -2.12. The number of benzene rings is 1. The Morgan fingerprint density at radius 3 is 2.14 bits per heavy atom. The Morgan fingerprint density at radius 2 is 1.71 bits per heavy atom. The van der Waals surface area contributed by atoms with E-state index in [1.165, 1.54) is 0 Å². The van der Waals surface area contributed by atoms with E-state index in [0.29, 0.717) is 16.1 Å². The SMILES string of the molecule is Cc1c(Cl)c(C)c(C(=O)O)c(N)c1Cl. The second kappa shape index (κ2) is 3.67. The Hall–Kier alpha value is -0.930. The van der Waals surface area contributed by atoms with Gasteiger partial charge in [0.2, 0.25) is 0 Å². The molecule has 0 heterocycles. The molecule has 1 rings (SSSR count). The Balaban J connectivity index is 3.68. The maximum atomic E-state index is 10.9. The molecule has 0 bridgehead atoms. The number of anilines is 1. The lowest BCUT2D eigenvalue weighted by atomic mass is 10.0. The number of hydrogen-bond donors (Lipinski definition) is 2. The highest BCUT2D eigenvalue weighted by molar-refractivity contribution is 6.39. The van der Waals surface area contributed by atoms with E-state index in [9.17, 15) is 4.79 Å². The summed E-state index contributed by atoms with van der Waals surface area (Å²) in [4.78, 5) is 10.9. The summed E-state index contributed by atoms with van der Waals surface area (Å²) in [6, 6.07) is 0. The van der Waals surface area contributed by atoms with Gasteiger partial charge in [-0.15, -0.1) is 0 Å². The van der Waals surface area contributed by atoms with Gasteiger partial charge >= 0.3 is 5.97 Å². The summed E-state index contributed by atoms with van der Waals surface area (Å²) < 4.78 is 0. The van der Waals surface area contributed by atoms with E-state index in [0.717, 1.165) is 0 Å². The molecule has 0 saturated carbocycles. The quantitative estimate of drug-likeness (QED) is 0.734. The van der Waals surface area contributed by atoms with E-state index in [2.05, 4.69) is 0 Å². The first kappa shape index (κ1) is 11.1. The molecule has 0 aromatic heterocycles. The van der Waals surface area contributed by atoms with Gasteiger partial charge in [-0.1, -0.05) is 23.2 Å². The van der Waals surface area contributed by atoms with E-state index >= 15 is 0 Å². The molecular formula is C9H9Cl2NO2. The maximum Gasteiger partial charge on any atom is 0.338 e. The van der Waals surface area contributed by atoms with Crippen LogP contribution in [0.3, 0.4) is 0 Å². The van der Waals surface area contributed by atoms with Crippen molar-refractivity contribution in [1.82, 2.24) is 0 Å². The van der Waals surface area contributed by atoms with Crippen LogP contribution in [0.2, 0.25) is 10.0 Å². The molecule has 1 aromatic carbocycles. The monoisotopic (exact) mass is 233 g/mol. The molecule has 0 aliphatic rings. The molecule has 0 unspecified atom stereocenters. The third kappa shape index (κ3) is 1.53. The number of nitrogen functional groups attached to an aromatic ring is 1. The van der Waals surface area contributed by atoms with Gasteiger partial charge in [-0.05, 0) is 25.0 Å². The number of carbonyl (C=O) groups is 1. The van der Waals surface area contributed by atoms with Crippen molar-refractivity contribution in [3.05, 3.63) is 26.7 Å². The highest BCUT2D eigenvalue weighted by Gasteiger charge is 2.19. The zero-order valence-corrected chi connectivity index (χ0v) is 9.20. The molecule has 3 nitrogen and oxygen atoms in total. The van der Waals surface area contributed by atoms with E-state index in [-0.39, 0.29) is 16.3 Å². The van der Waals surface area contributed by atoms with Crippen LogP contribution >= 0.6 is 23.2 Å². The molecule has 1 aromatic rings. The Morgan fingerprint density at radius 1 is 1.21 bits per heavy atom. The molecule has 0 spiro atoms. The van der Waals surface area contributed by atoms with Crippen molar-refractivity contribution in [2.24, 2.45) is 0 Å². The van der Waals surface area contributed by atoms with Gasteiger partial charge in [0.25, 0.3) is 0 Å². The fourth-order valence-electron chi connectivity index (χ4n) is 1.28. The second-order valence-electron chi connectivity index (χ2n) is 2.97. The molecule has 0 aliphatic carbocycles. The van der Waals surface area contributed by atoms with Crippen molar-refractivity contribution < 1.29 is 9.90 Å². The summed E-state index contributed by atoms with van der Waals surface area (Å²) in [6.07, 6.45) is 0. The van der Waals surface area contributed by atoms with Crippen molar-refractivity contribution >= 4 is 34.9 Å². The summed E-state index contributed by atoms with van der Waals surface area (Å²) in [5.41, 5.74) is 6.68. The third-order valence-electron chi connectivity index (χ3n) is 2.08. The first-order chi connectivity index (χ1) is 6.37. The van der Waals surface area contributed by atoms with Gasteiger partial charge in [-0.25, -0.2) is 4.79 Å². The number of nitrogens with two attached hydrogens (primary N) is 1. The van der Waals surface area contributed by atoms with E-state index in [1.54, 1.807) is 13.8 Å². The van der Waals surface area contributed by atoms with Gasteiger partial charge in [-0.2, -0.15) is 0 Å². The minimum absolute atomic E-state index is 0.0226. The van der Waals surface area contributed by atoms with Gasteiger partial charge < -0.3 is 10.8 Å². The lowest BCUT2D eigenvalue weighted by molar-refractivity contribution is 0.0697. The van der Waals surface area contributed by atoms with Crippen molar-refractivity contribution in [2.45, 2.75) is 13.8 Å². The molecule has 0 saturated heterocycles. The average Bonchev–Trinajstić information content (AvgIpc) is 2.11. The lowest BCUT2D eigenvalue weighted by Crippen LogP contribution is -2.07. The van der Waals surface area contributed by atoms with Crippen molar-refractivity contribution in [1.29, 1.82) is 0 Å². The van der Waals surface area contributed by atoms with Crippen LogP contribution < -0.4 is 5.73 Å². The largest absolute Gasteiger partial charge is 0.478 e. The number of hydrogen-bond acceptors (Lipinski definition) is 2. The van der Waals surface area contributed by atoms with E-state index in [1.807, 2.05) is 0 Å². The summed E-state index contributed by atoms with van der Waals surface area (Å²) in [5.74, 6) is -1.12. The fourth-order valence-corrected chi connectivity index (χ4v) is 1.70. The van der Waals surface area contributed by atoms with Crippen molar-refractivity contribution in [3.8, 4) is 0 Å². The summed E-state index contributed by atoms with van der Waals surface area (Å²) >= 11 is 11.7. The molecule has 14 heavy (non-hydrogen) atoms. The highest BCUT2D eigenvalue weighted by atomic mass is 35.5. The topological polar surface area (TPSA) is 63.3 Å². The fraction of sp³-hybridized carbons (Fsp3) is 0.222. The second-order valence-corrected chi connectivity index (χ2v) is 3.73. The predicted molar refractivity (Wildman–Crippen MR) is 57.3 cm³/mol. The van der Waals surface area contributed by atoms with Crippen LogP contribution in [0.25, 0.3) is 0 Å². The Kier molecular flexibility index (Phi) is 2.92. The number of carboxylic acid groups (broad SMARTS) is 1. The molecule has 3 N–H and O–H groups in total. The molecule has 0 radical (unpaired) electrons. The van der Waals surface area contributed by atoms with E-state index in [4.69, 9.17) is 34.0 Å². The maximum absolute atomic E-state index is 10.9. The first-order valence-electron chi connectivity index (χ1n) is 3.84. The van der Waals surface area contributed by atoms with Crippen molar-refractivity contribution in [2.75, 3.05) is 5.73 Å².